The fourth-order valence-corrected chi connectivity index (χ4v) is 3.64. The second-order valence-corrected chi connectivity index (χ2v) is 8.10. The molecule has 5 heteroatoms. The van der Waals surface area contributed by atoms with Crippen molar-refractivity contribution >= 4 is 17.7 Å². The van der Waals surface area contributed by atoms with Gasteiger partial charge in [0.15, 0.2) is 5.96 Å². The fourth-order valence-electron chi connectivity index (χ4n) is 3.15. The maximum atomic E-state index is 4.37. The Balaban J connectivity index is 2.35. The number of piperidine rings is 1. The number of thioether (sulfide) groups is 1. The third kappa shape index (κ3) is 8.30. The van der Waals surface area contributed by atoms with E-state index in [4.69, 9.17) is 0 Å². The van der Waals surface area contributed by atoms with Crippen molar-refractivity contribution in [2.75, 3.05) is 45.2 Å². The number of unbranched alkanes of at least 4 members (excludes halogenated alkanes) is 1. The summed E-state index contributed by atoms with van der Waals surface area (Å²) in [6.07, 6.45) is 7.32. The van der Waals surface area contributed by atoms with Crippen molar-refractivity contribution in [2.24, 2.45) is 16.8 Å². The molecule has 1 aliphatic rings. The van der Waals surface area contributed by atoms with Crippen LogP contribution < -0.4 is 10.6 Å². The molecule has 1 unspecified atom stereocenters. The summed E-state index contributed by atoms with van der Waals surface area (Å²) in [5.41, 5.74) is 0. The molecule has 1 atom stereocenters. The Bertz CT molecular complexity index is 325. The SMILES string of the molecule is CN=C(NCCCCSC)NCC(C(C)C)N1CCC(C)CC1. The lowest BCUT2D eigenvalue weighted by Gasteiger charge is -2.39. The number of nitrogens with one attached hydrogen (secondary N) is 2. The van der Waals surface area contributed by atoms with Crippen molar-refractivity contribution in [2.45, 2.75) is 52.5 Å². The molecule has 0 aromatic rings. The summed E-state index contributed by atoms with van der Waals surface area (Å²) in [4.78, 5) is 7.04. The van der Waals surface area contributed by atoms with Gasteiger partial charge in [-0.2, -0.15) is 11.8 Å². The van der Waals surface area contributed by atoms with E-state index in [-0.39, 0.29) is 0 Å². The van der Waals surface area contributed by atoms with Gasteiger partial charge in [-0.3, -0.25) is 9.89 Å². The maximum absolute atomic E-state index is 4.37. The van der Waals surface area contributed by atoms with Crippen LogP contribution in [0.5, 0.6) is 0 Å². The van der Waals surface area contributed by atoms with Gasteiger partial charge in [0.2, 0.25) is 0 Å². The zero-order valence-electron chi connectivity index (χ0n) is 15.9. The Morgan fingerprint density at radius 2 is 1.91 bits per heavy atom. The predicted octanol–water partition coefficient (Wildman–Crippen LogP) is 3.05. The summed E-state index contributed by atoms with van der Waals surface area (Å²) in [5, 5.41) is 6.99. The number of rotatable bonds is 9. The molecular formula is C18H38N4S. The molecule has 4 nitrogen and oxygen atoms in total. The van der Waals surface area contributed by atoms with Gasteiger partial charge in [-0.25, -0.2) is 0 Å². The molecule has 136 valence electrons. The number of likely N-dealkylation sites (tertiary alicyclic amines) is 1. The van der Waals surface area contributed by atoms with Crippen molar-refractivity contribution < 1.29 is 0 Å². The minimum absolute atomic E-state index is 0.595. The number of aliphatic imine (C=N–C) groups is 1. The van der Waals surface area contributed by atoms with E-state index in [1.807, 2.05) is 18.8 Å². The molecule has 0 aliphatic carbocycles. The standard InChI is InChI=1S/C18H38N4S/c1-15(2)17(22-11-8-16(3)9-12-22)14-21-18(19-4)20-10-6-7-13-23-5/h15-17H,6-14H2,1-5H3,(H2,19,20,21). The molecule has 0 bridgehead atoms. The average Bonchev–Trinajstić information content (AvgIpc) is 2.54. The molecular weight excluding hydrogens is 304 g/mol. The Labute approximate surface area is 148 Å². The zero-order chi connectivity index (χ0) is 17.1. The van der Waals surface area contributed by atoms with E-state index >= 15 is 0 Å². The lowest BCUT2D eigenvalue weighted by molar-refractivity contribution is 0.110. The molecule has 0 aromatic carbocycles. The smallest absolute Gasteiger partial charge is 0.191 e. The summed E-state index contributed by atoms with van der Waals surface area (Å²) in [5.74, 6) is 3.75. The summed E-state index contributed by atoms with van der Waals surface area (Å²) >= 11 is 1.92. The van der Waals surface area contributed by atoms with Crippen molar-refractivity contribution in [1.82, 2.24) is 15.5 Å². The van der Waals surface area contributed by atoms with E-state index in [0.29, 0.717) is 12.0 Å². The lowest BCUT2D eigenvalue weighted by Crippen LogP contribution is -2.51. The van der Waals surface area contributed by atoms with Gasteiger partial charge < -0.3 is 10.6 Å². The molecule has 1 aliphatic heterocycles. The van der Waals surface area contributed by atoms with E-state index in [2.05, 4.69) is 47.6 Å². The van der Waals surface area contributed by atoms with Gasteiger partial charge in [0.1, 0.15) is 0 Å². The second-order valence-electron chi connectivity index (χ2n) is 7.11. The van der Waals surface area contributed by atoms with E-state index in [1.165, 1.54) is 44.5 Å². The first-order valence-electron chi connectivity index (χ1n) is 9.26. The molecule has 1 fully saturated rings. The fraction of sp³-hybridized carbons (Fsp3) is 0.944. The molecule has 1 saturated heterocycles. The normalized spacial score (nSPS) is 19.1. The van der Waals surface area contributed by atoms with Crippen molar-refractivity contribution in [1.29, 1.82) is 0 Å². The van der Waals surface area contributed by atoms with E-state index in [0.717, 1.165) is 25.0 Å². The Hall–Kier alpha value is -0.420. The maximum Gasteiger partial charge on any atom is 0.191 e. The highest BCUT2D eigenvalue weighted by molar-refractivity contribution is 7.98. The first kappa shape index (κ1) is 20.6. The van der Waals surface area contributed by atoms with Crippen LogP contribution in [0.1, 0.15) is 46.5 Å². The molecule has 0 saturated carbocycles. The monoisotopic (exact) mass is 342 g/mol. The van der Waals surface area contributed by atoms with Crippen LogP contribution in [0.15, 0.2) is 4.99 Å². The summed E-state index contributed by atoms with van der Waals surface area (Å²) in [7, 11) is 1.87. The molecule has 0 radical (unpaired) electrons. The third-order valence-corrected chi connectivity index (χ3v) is 5.52. The van der Waals surface area contributed by atoms with Crippen molar-refractivity contribution in [3.63, 3.8) is 0 Å². The molecule has 0 aromatic heterocycles. The highest BCUT2D eigenvalue weighted by Crippen LogP contribution is 2.20. The second kappa shape index (κ2) is 12.0. The topological polar surface area (TPSA) is 39.7 Å². The van der Waals surface area contributed by atoms with Crippen LogP contribution in [0.25, 0.3) is 0 Å². The first-order chi connectivity index (χ1) is 11.1. The van der Waals surface area contributed by atoms with Gasteiger partial charge >= 0.3 is 0 Å². The van der Waals surface area contributed by atoms with E-state index < -0.39 is 0 Å². The summed E-state index contributed by atoms with van der Waals surface area (Å²) < 4.78 is 0. The molecule has 1 heterocycles. The average molecular weight is 343 g/mol. The molecule has 1 rings (SSSR count). The van der Waals surface area contributed by atoms with Crippen LogP contribution in [0.2, 0.25) is 0 Å². The Morgan fingerprint density at radius 1 is 1.22 bits per heavy atom. The number of nitrogens with zero attached hydrogens (tertiary/aromatic N) is 2. The van der Waals surface area contributed by atoms with Gasteiger partial charge in [0.25, 0.3) is 0 Å². The van der Waals surface area contributed by atoms with Gasteiger partial charge in [-0.1, -0.05) is 20.8 Å². The van der Waals surface area contributed by atoms with Crippen LogP contribution >= 0.6 is 11.8 Å². The minimum Gasteiger partial charge on any atom is -0.356 e. The summed E-state index contributed by atoms with van der Waals surface area (Å²) in [6.45, 7) is 11.5. The number of guanidine groups is 1. The van der Waals surface area contributed by atoms with Crippen LogP contribution in [-0.4, -0.2) is 62.1 Å². The Kier molecular flexibility index (Phi) is 10.8. The molecule has 2 N–H and O–H groups in total. The van der Waals surface area contributed by atoms with E-state index in [9.17, 15) is 0 Å². The Morgan fingerprint density at radius 3 is 2.48 bits per heavy atom. The van der Waals surface area contributed by atoms with Crippen LogP contribution in [-0.2, 0) is 0 Å². The largest absolute Gasteiger partial charge is 0.356 e. The minimum atomic E-state index is 0.595. The van der Waals surface area contributed by atoms with Gasteiger partial charge in [0, 0.05) is 26.2 Å². The predicted molar refractivity (Wildman–Crippen MR) is 106 cm³/mol. The van der Waals surface area contributed by atoms with Gasteiger partial charge in [-0.05, 0) is 62.6 Å². The van der Waals surface area contributed by atoms with Gasteiger partial charge in [0.05, 0.1) is 0 Å². The highest BCUT2D eigenvalue weighted by Gasteiger charge is 2.25. The van der Waals surface area contributed by atoms with Crippen LogP contribution in [0, 0.1) is 11.8 Å². The molecule has 23 heavy (non-hydrogen) atoms. The first-order valence-corrected chi connectivity index (χ1v) is 10.6. The third-order valence-electron chi connectivity index (χ3n) is 4.83. The molecule has 0 spiro atoms. The van der Waals surface area contributed by atoms with Crippen LogP contribution in [0.4, 0.5) is 0 Å². The summed E-state index contributed by atoms with van der Waals surface area (Å²) in [6, 6.07) is 0.595. The van der Waals surface area contributed by atoms with Crippen LogP contribution in [0.3, 0.4) is 0 Å². The number of hydrogen-bond acceptors (Lipinski definition) is 3. The zero-order valence-corrected chi connectivity index (χ0v) is 16.7. The highest BCUT2D eigenvalue weighted by atomic mass is 32.2. The number of hydrogen-bond donors (Lipinski definition) is 2. The lowest BCUT2D eigenvalue weighted by atomic mass is 9.94. The van der Waals surface area contributed by atoms with Gasteiger partial charge in [-0.15, -0.1) is 0 Å². The van der Waals surface area contributed by atoms with Crippen molar-refractivity contribution in [3.8, 4) is 0 Å². The van der Waals surface area contributed by atoms with Crippen molar-refractivity contribution in [3.05, 3.63) is 0 Å². The van der Waals surface area contributed by atoms with E-state index in [1.54, 1.807) is 0 Å². The molecule has 0 amide bonds. The quantitative estimate of drug-likeness (QED) is 0.384.